The smallest absolute Gasteiger partial charge is 0.263 e. The first-order chi connectivity index (χ1) is 9.67. The maximum Gasteiger partial charge on any atom is 0.263 e. The summed E-state index contributed by atoms with van der Waals surface area (Å²) in [6.07, 6.45) is 0.460. The van der Waals surface area contributed by atoms with E-state index in [1.807, 2.05) is 0 Å². The van der Waals surface area contributed by atoms with Crippen molar-refractivity contribution in [2.24, 2.45) is 0 Å². The molecule has 2 rings (SSSR count). The molecule has 0 aliphatic carbocycles. The molecule has 0 bridgehead atoms. The van der Waals surface area contributed by atoms with Crippen LogP contribution in [0.3, 0.4) is 0 Å². The van der Waals surface area contributed by atoms with Crippen molar-refractivity contribution in [3.63, 3.8) is 0 Å². The van der Waals surface area contributed by atoms with Gasteiger partial charge < -0.3 is 10.0 Å². The highest BCUT2D eigenvalue weighted by Gasteiger charge is 2.49. The Bertz CT molecular complexity index is 605. The average molecular weight is 321 g/mol. The molecule has 6 nitrogen and oxygen atoms in total. The number of halogens is 2. The predicted octanol–water partition coefficient (Wildman–Crippen LogP) is 0.538. The minimum atomic E-state index is -4.10. The van der Waals surface area contributed by atoms with Crippen molar-refractivity contribution in [3.8, 4) is 0 Å². The highest BCUT2D eigenvalue weighted by atomic mass is 32.2. The van der Waals surface area contributed by atoms with E-state index in [2.05, 4.69) is 4.98 Å². The number of hydrogen-bond donors (Lipinski definition) is 1. The van der Waals surface area contributed by atoms with Crippen LogP contribution in [0.15, 0.2) is 23.2 Å². The van der Waals surface area contributed by atoms with Crippen LogP contribution in [-0.4, -0.2) is 62.0 Å². The Hall–Kier alpha value is -1.32. The van der Waals surface area contributed by atoms with Crippen LogP contribution in [0.2, 0.25) is 0 Å². The molecule has 1 atom stereocenters. The van der Waals surface area contributed by atoms with Crippen LogP contribution < -0.4 is 4.90 Å². The van der Waals surface area contributed by atoms with E-state index >= 15 is 0 Å². The number of nitrogens with zero attached hydrogens (tertiary/aromatic N) is 3. The molecule has 0 saturated carbocycles. The Balaban J connectivity index is 2.33. The highest BCUT2D eigenvalue weighted by Crippen LogP contribution is 2.35. The van der Waals surface area contributed by atoms with Gasteiger partial charge in [0.25, 0.3) is 5.92 Å². The minimum absolute atomic E-state index is 0.163. The Morgan fingerprint density at radius 1 is 1.48 bits per heavy atom. The quantitative estimate of drug-likeness (QED) is 0.876. The van der Waals surface area contributed by atoms with Crippen molar-refractivity contribution in [1.29, 1.82) is 0 Å². The van der Waals surface area contributed by atoms with Gasteiger partial charge in [-0.05, 0) is 12.1 Å². The van der Waals surface area contributed by atoms with E-state index in [-0.39, 0.29) is 4.90 Å². The normalized spacial score (nSPS) is 22.4. The Kier molecular flexibility index (Phi) is 4.18. The van der Waals surface area contributed by atoms with Gasteiger partial charge in [-0.3, -0.25) is 0 Å². The van der Waals surface area contributed by atoms with E-state index < -0.39 is 41.6 Å². The lowest BCUT2D eigenvalue weighted by Crippen LogP contribution is -2.38. The summed E-state index contributed by atoms with van der Waals surface area (Å²) >= 11 is 0. The summed E-state index contributed by atoms with van der Waals surface area (Å²) in [5, 5.41) is 9.13. The summed E-state index contributed by atoms with van der Waals surface area (Å²) in [7, 11) is -0.603. The lowest BCUT2D eigenvalue weighted by atomic mass is 10.2. The third-order valence-electron chi connectivity index (χ3n) is 3.32. The SMILES string of the molecule is CN(C)c1ccc(S(=O)(=O)N2CC(F)(F)CC2CO)cn1. The summed E-state index contributed by atoms with van der Waals surface area (Å²) in [6, 6.07) is 1.70. The molecule has 9 heteroatoms. The van der Waals surface area contributed by atoms with E-state index in [0.29, 0.717) is 10.1 Å². The van der Waals surface area contributed by atoms with Crippen molar-refractivity contribution in [3.05, 3.63) is 18.3 Å². The van der Waals surface area contributed by atoms with Crippen molar-refractivity contribution in [2.75, 3.05) is 32.1 Å². The van der Waals surface area contributed by atoms with Gasteiger partial charge in [-0.1, -0.05) is 0 Å². The molecular formula is C12H17F2N3O3S. The number of alkyl halides is 2. The van der Waals surface area contributed by atoms with Gasteiger partial charge in [0.15, 0.2) is 0 Å². The number of sulfonamides is 1. The maximum absolute atomic E-state index is 13.4. The highest BCUT2D eigenvalue weighted by molar-refractivity contribution is 7.89. The van der Waals surface area contributed by atoms with E-state index in [1.165, 1.54) is 12.1 Å². The zero-order chi connectivity index (χ0) is 15.8. The summed E-state index contributed by atoms with van der Waals surface area (Å²) in [6.45, 7) is -1.56. The first kappa shape index (κ1) is 16.1. The third kappa shape index (κ3) is 3.14. The van der Waals surface area contributed by atoms with Crippen molar-refractivity contribution in [1.82, 2.24) is 9.29 Å². The molecule has 1 aromatic rings. The number of rotatable bonds is 4. The largest absolute Gasteiger partial charge is 0.395 e. The number of anilines is 1. The fourth-order valence-electron chi connectivity index (χ4n) is 2.23. The van der Waals surface area contributed by atoms with Crippen molar-refractivity contribution < 1.29 is 22.3 Å². The molecule has 0 aromatic carbocycles. The number of aliphatic hydroxyl groups excluding tert-OH is 1. The first-order valence-electron chi connectivity index (χ1n) is 6.31. The van der Waals surface area contributed by atoms with Gasteiger partial charge in [-0.2, -0.15) is 4.31 Å². The molecule has 1 unspecified atom stereocenters. The molecule has 0 amide bonds. The molecule has 1 saturated heterocycles. The van der Waals surface area contributed by atoms with Gasteiger partial charge in [0.1, 0.15) is 10.7 Å². The molecule has 0 radical (unpaired) electrons. The van der Waals surface area contributed by atoms with E-state index in [9.17, 15) is 17.2 Å². The molecular weight excluding hydrogens is 304 g/mol. The molecule has 1 aromatic heterocycles. The molecule has 1 N–H and O–H groups in total. The van der Waals surface area contributed by atoms with Gasteiger partial charge in [-0.25, -0.2) is 22.2 Å². The topological polar surface area (TPSA) is 73.7 Å². The number of aliphatic hydroxyl groups is 1. The Labute approximate surface area is 122 Å². The summed E-state index contributed by atoms with van der Waals surface area (Å²) in [4.78, 5) is 5.50. The molecule has 1 aliphatic heterocycles. The van der Waals surface area contributed by atoms with E-state index in [0.717, 1.165) is 6.20 Å². The van der Waals surface area contributed by atoms with Crippen molar-refractivity contribution in [2.45, 2.75) is 23.3 Å². The monoisotopic (exact) mass is 321 g/mol. The molecule has 1 aliphatic rings. The second kappa shape index (κ2) is 5.47. The van der Waals surface area contributed by atoms with E-state index in [1.54, 1.807) is 19.0 Å². The second-order valence-corrected chi connectivity index (χ2v) is 7.08. The first-order valence-corrected chi connectivity index (χ1v) is 7.75. The molecule has 2 heterocycles. The molecule has 118 valence electrons. The Morgan fingerprint density at radius 3 is 2.62 bits per heavy atom. The molecule has 1 fully saturated rings. The minimum Gasteiger partial charge on any atom is -0.395 e. The Morgan fingerprint density at radius 2 is 2.14 bits per heavy atom. The summed E-state index contributed by atoms with van der Waals surface area (Å²) in [5.41, 5.74) is 0. The van der Waals surface area contributed by atoms with E-state index in [4.69, 9.17) is 5.11 Å². The van der Waals surface area contributed by atoms with Crippen LogP contribution in [0.25, 0.3) is 0 Å². The number of hydrogen-bond acceptors (Lipinski definition) is 5. The fourth-order valence-corrected chi connectivity index (χ4v) is 3.82. The number of aromatic nitrogens is 1. The van der Waals surface area contributed by atoms with Crippen LogP contribution >= 0.6 is 0 Å². The zero-order valence-corrected chi connectivity index (χ0v) is 12.5. The standard InChI is InChI=1S/C12H17F2N3O3S/c1-16(2)11-4-3-10(6-15-11)21(19,20)17-8-12(13,14)5-9(17)7-18/h3-4,6,9,18H,5,7-8H2,1-2H3. The van der Waals surface area contributed by atoms with Gasteiger partial charge in [0.05, 0.1) is 19.2 Å². The molecule has 21 heavy (non-hydrogen) atoms. The second-order valence-electron chi connectivity index (χ2n) is 5.19. The van der Waals surface area contributed by atoms with Crippen LogP contribution in [0.5, 0.6) is 0 Å². The van der Waals surface area contributed by atoms with Crippen LogP contribution in [-0.2, 0) is 10.0 Å². The average Bonchev–Trinajstić information content (AvgIpc) is 2.75. The lowest BCUT2D eigenvalue weighted by molar-refractivity contribution is 0.0161. The van der Waals surface area contributed by atoms with Crippen LogP contribution in [0.1, 0.15) is 6.42 Å². The van der Waals surface area contributed by atoms with Gasteiger partial charge >= 0.3 is 0 Å². The third-order valence-corrected chi connectivity index (χ3v) is 5.21. The van der Waals surface area contributed by atoms with Crippen molar-refractivity contribution >= 4 is 15.8 Å². The number of pyridine rings is 1. The van der Waals surface area contributed by atoms with Gasteiger partial charge in [0.2, 0.25) is 10.0 Å². The van der Waals surface area contributed by atoms with Gasteiger partial charge in [-0.15, -0.1) is 0 Å². The maximum atomic E-state index is 13.4. The summed E-state index contributed by atoms with van der Waals surface area (Å²) < 4.78 is 52.3. The molecule has 0 spiro atoms. The van der Waals surface area contributed by atoms with Crippen LogP contribution in [0.4, 0.5) is 14.6 Å². The zero-order valence-electron chi connectivity index (χ0n) is 11.7. The van der Waals surface area contributed by atoms with Gasteiger partial charge in [0, 0.05) is 26.7 Å². The predicted molar refractivity (Wildman–Crippen MR) is 72.9 cm³/mol. The fraction of sp³-hybridized carbons (Fsp3) is 0.583. The summed E-state index contributed by atoms with van der Waals surface area (Å²) in [5.74, 6) is -2.57. The van der Waals surface area contributed by atoms with Crippen LogP contribution in [0, 0.1) is 0 Å². The lowest BCUT2D eigenvalue weighted by Gasteiger charge is -2.21.